The van der Waals surface area contributed by atoms with Crippen molar-refractivity contribution >= 4 is 12.1 Å². The molecule has 1 amide bonds. The lowest BCUT2D eigenvalue weighted by Gasteiger charge is -2.14. The molecule has 0 aromatic heterocycles. The van der Waals surface area contributed by atoms with Crippen LogP contribution in [0.3, 0.4) is 0 Å². The predicted molar refractivity (Wildman–Crippen MR) is 101 cm³/mol. The Morgan fingerprint density at radius 1 is 1.00 bits per heavy atom. The molecule has 2 atom stereocenters. The molecule has 0 fully saturated rings. The molecule has 0 saturated heterocycles. The fourth-order valence-corrected chi connectivity index (χ4v) is 2.61. The molecule has 148 valence electrons. The quantitative estimate of drug-likeness (QED) is 0.361. The Kier molecular flexibility index (Phi) is 15.3. The minimum atomic E-state index is -1.04. The Morgan fingerprint density at radius 2 is 1.60 bits per heavy atom. The van der Waals surface area contributed by atoms with Gasteiger partial charge in [-0.3, -0.25) is 0 Å². The molecular formula is C19H38N2O4. The van der Waals surface area contributed by atoms with Crippen LogP contribution in [0.5, 0.6) is 0 Å². The molecular weight excluding hydrogens is 320 g/mol. The zero-order valence-electron chi connectivity index (χ0n) is 16.1. The number of aliphatic carboxylic acids is 1. The second-order valence-electron chi connectivity index (χ2n) is 6.88. The van der Waals surface area contributed by atoms with Gasteiger partial charge in [-0.15, -0.1) is 0 Å². The molecule has 0 aromatic carbocycles. The van der Waals surface area contributed by atoms with Gasteiger partial charge in [0.25, 0.3) is 0 Å². The summed E-state index contributed by atoms with van der Waals surface area (Å²) in [6, 6.07) is -0.899. The van der Waals surface area contributed by atoms with Crippen LogP contribution in [0.15, 0.2) is 0 Å². The molecule has 1 unspecified atom stereocenters. The van der Waals surface area contributed by atoms with Crippen molar-refractivity contribution in [2.75, 3.05) is 13.2 Å². The third-order valence-corrected chi connectivity index (χ3v) is 4.56. The first-order chi connectivity index (χ1) is 12.0. The van der Waals surface area contributed by atoms with E-state index < -0.39 is 18.1 Å². The van der Waals surface area contributed by atoms with E-state index >= 15 is 0 Å². The molecule has 0 radical (unpaired) electrons. The van der Waals surface area contributed by atoms with E-state index in [9.17, 15) is 9.59 Å². The van der Waals surface area contributed by atoms with Gasteiger partial charge in [0.2, 0.25) is 0 Å². The normalized spacial score (nSPS) is 13.2. The van der Waals surface area contributed by atoms with E-state index in [1.54, 1.807) is 0 Å². The zero-order chi connectivity index (χ0) is 18.9. The summed E-state index contributed by atoms with van der Waals surface area (Å²) >= 11 is 0. The molecule has 0 heterocycles. The molecule has 0 aliphatic heterocycles. The van der Waals surface area contributed by atoms with Crippen LogP contribution in [-0.4, -0.2) is 36.4 Å². The zero-order valence-corrected chi connectivity index (χ0v) is 16.1. The van der Waals surface area contributed by atoms with Crippen molar-refractivity contribution in [1.29, 1.82) is 0 Å². The van der Waals surface area contributed by atoms with Gasteiger partial charge in [-0.25, -0.2) is 9.59 Å². The molecule has 6 nitrogen and oxygen atoms in total. The SMILES string of the molecule is CCC(C)CCCCCCCCOC(=O)N[C@@H](CCCCN)C(=O)O. The van der Waals surface area contributed by atoms with Crippen LogP contribution < -0.4 is 11.1 Å². The second-order valence-corrected chi connectivity index (χ2v) is 6.88. The summed E-state index contributed by atoms with van der Waals surface area (Å²) in [4.78, 5) is 22.7. The summed E-state index contributed by atoms with van der Waals surface area (Å²) in [5.74, 6) is -0.205. The van der Waals surface area contributed by atoms with Gasteiger partial charge in [0.1, 0.15) is 6.04 Å². The van der Waals surface area contributed by atoms with Gasteiger partial charge in [-0.1, -0.05) is 58.8 Å². The monoisotopic (exact) mass is 358 g/mol. The summed E-state index contributed by atoms with van der Waals surface area (Å²) in [5, 5.41) is 11.5. The third-order valence-electron chi connectivity index (χ3n) is 4.56. The standard InChI is InChI=1S/C19H38N2O4/c1-3-16(2)12-8-6-4-5-7-11-15-25-19(24)21-17(18(22)23)13-9-10-14-20/h16-17H,3-15,20H2,1-2H3,(H,21,24)(H,22,23)/t16?,17-/m0/s1. The summed E-state index contributed by atoms with van der Waals surface area (Å²) < 4.78 is 5.06. The van der Waals surface area contributed by atoms with E-state index in [0.29, 0.717) is 26.0 Å². The van der Waals surface area contributed by atoms with Gasteiger partial charge in [0, 0.05) is 0 Å². The fraction of sp³-hybridized carbons (Fsp3) is 0.895. The minimum Gasteiger partial charge on any atom is -0.480 e. The largest absolute Gasteiger partial charge is 0.480 e. The van der Waals surface area contributed by atoms with Gasteiger partial charge in [-0.05, 0) is 38.1 Å². The van der Waals surface area contributed by atoms with Crippen molar-refractivity contribution < 1.29 is 19.4 Å². The van der Waals surface area contributed by atoms with Crippen LogP contribution >= 0.6 is 0 Å². The number of unbranched alkanes of at least 4 members (excludes halogenated alkanes) is 6. The first-order valence-electron chi connectivity index (χ1n) is 9.87. The van der Waals surface area contributed by atoms with E-state index in [1.807, 2.05) is 0 Å². The molecule has 0 aromatic rings. The van der Waals surface area contributed by atoms with E-state index in [4.69, 9.17) is 15.6 Å². The first-order valence-corrected chi connectivity index (χ1v) is 9.87. The van der Waals surface area contributed by atoms with Crippen molar-refractivity contribution in [1.82, 2.24) is 5.32 Å². The maximum atomic E-state index is 11.6. The van der Waals surface area contributed by atoms with E-state index in [0.717, 1.165) is 31.6 Å². The van der Waals surface area contributed by atoms with Crippen molar-refractivity contribution in [3.63, 3.8) is 0 Å². The number of amides is 1. The van der Waals surface area contributed by atoms with Crippen LogP contribution in [-0.2, 0) is 9.53 Å². The number of hydrogen-bond acceptors (Lipinski definition) is 4. The van der Waals surface area contributed by atoms with Crippen LogP contribution in [0.25, 0.3) is 0 Å². The number of ether oxygens (including phenoxy) is 1. The lowest BCUT2D eigenvalue weighted by Crippen LogP contribution is -2.41. The Labute approximate surface area is 152 Å². The number of carboxylic acids is 1. The molecule has 0 bridgehead atoms. The summed E-state index contributed by atoms with van der Waals surface area (Å²) in [6.45, 7) is 5.40. The topological polar surface area (TPSA) is 102 Å². The van der Waals surface area contributed by atoms with Gasteiger partial charge in [-0.2, -0.15) is 0 Å². The van der Waals surface area contributed by atoms with E-state index in [2.05, 4.69) is 19.2 Å². The summed E-state index contributed by atoms with van der Waals surface area (Å²) in [5.41, 5.74) is 5.38. The molecule has 0 aliphatic carbocycles. The molecule has 6 heteroatoms. The number of rotatable bonds is 16. The highest BCUT2D eigenvalue weighted by Crippen LogP contribution is 2.14. The Morgan fingerprint density at radius 3 is 2.20 bits per heavy atom. The van der Waals surface area contributed by atoms with Crippen molar-refractivity contribution in [2.45, 2.75) is 90.5 Å². The van der Waals surface area contributed by atoms with Crippen LogP contribution in [0.2, 0.25) is 0 Å². The maximum absolute atomic E-state index is 11.6. The highest BCUT2D eigenvalue weighted by Gasteiger charge is 2.19. The second kappa shape index (κ2) is 16.2. The number of carbonyl (C=O) groups excluding carboxylic acids is 1. The molecule has 25 heavy (non-hydrogen) atoms. The average molecular weight is 359 g/mol. The van der Waals surface area contributed by atoms with Gasteiger partial charge in [0.15, 0.2) is 0 Å². The maximum Gasteiger partial charge on any atom is 0.407 e. The number of carboxylic acid groups (broad SMARTS) is 1. The molecule has 4 N–H and O–H groups in total. The lowest BCUT2D eigenvalue weighted by molar-refractivity contribution is -0.139. The molecule has 0 saturated carbocycles. The molecule has 0 rings (SSSR count). The fourth-order valence-electron chi connectivity index (χ4n) is 2.61. The Balaban J connectivity index is 3.60. The van der Waals surface area contributed by atoms with Gasteiger partial charge in [0.05, 0.1) is 6.61 Å². The number of hydrogen-bond donors (Lipinski definition) is 3. The lowest BCUT2D eigenvalue weighted by atomic mass is 10.00. The van der Waals surface area contributed by atoms with Crippen LogP contribution in [0.1, 0.15) is 84.5 Å². The van der Waals surface area contributed by atoms with Gasteiger partial charge < -0.3 is 20.9 Å². The van der Waals surface area contributed by atoms with E-state index in [1.165, 1.54) is 32.1 Å². The number of carbonyl (C=O) groups is 2. The van der Waals surface area contributed by atoms with Crippen LogP contribution in [0, 0.1) is 5.92 Å². The molecule has 0 aliphatic rings. The third kappa shape index (κ3) is 14.7. The summed E-state index contributed by atoms with van der Waals surface area (Å²) in [6.07, 6.45) is 10.5. The predicted octanol–water partition coefficient (Wildman–Crippen LogP) is 4.07. The average Bonchev–Trinajstić information content (AvgIpc) is 2.59. The highest BCUT2D eigenvalue weighted by atomic mass is 16.5. The highest BCUT2D eigenvalue weighted by molar-refractivity contribution is 5.79. The number of nitrogens with one attached hydrogen (secondary N) is 1. The van der Waals surface area contributed by atoms with Crippen molar-refractivity contribution in [3.8, 4) is 0 Å². The number of nitrogens with two attached hydrogens (primary N) is 1. The minimum absolute atomic E-state index is 0.341. The van der Waals surface area contributed by atoms with Crippen LogP contribution in [0.4, 0.5) is 4.79 Å². The Hall–Kier alpha value is -1.30. The smallest absolute Gasteiger partial charge is 0.407 e. The van der Waals surface area contributed by atoms with Crippen molar-refractivity contribution in [2.24, 2.45) is 11.7 Å². The number of alkyl carbamates (subject to hydrolysis) is 1. The van der Waals surface area contributed by atoms with E-state index in [-0.39, 0.29) is 0 Å². The summed E-state index contributed by atoms with van der Waals surface area (Å²) in [7, 11) is 0. The first kappa shape index (κ1) is 23.7. The molecule has 0 spiro atoms. The van der Waals surface area contributed by atoms with Gasteiger partial charge >= 0.3 is 12.1 Å². The van der Waals surface area contributed by atoms with Crippen molar-refractivity contribution in [3.05, 3.63) is 0 Å². The Bertz CT molecular complexity index is 350.